The van der Waals surface area contributed by atoms with Crippen molar-refractivity contribution in [3.05, 3.63) is 52.5 Å². The summed E-state index contributed by atoms with van der Waals surface area (Å²) in [6.07, 6.45) is 1.83. The number of halogens is 1. The molecule has 0 unspecified atom stereocenters. The molecular formula is C17H22FN3OS. The Kier molecular flexibility index (Phi) is 7.39. The van der Waals surface area contributed by atoms with Gasteiger partial charge in [-0.15, -0.1) is 11.3 Å². The molecule has 2 aromatic rings. The molecule has 0 bridgehead atoms. The van der Waals surface area contributed by atoms with E-state index in [9.17, 15) is 4.39 Å². The second kappa shape index (κ2) is 9.84. The SMILES string of the molecule is CN=C(NCCCOc1ccc(F)cc1)NCCc1cccs1. The third kappa shape index (κ3) is 6.69. The summed E-state index contributed by atoms with van der Waals surface area (Å²) in [5, 5.41) is 8.62. The highest BCUT2D eigenvalue weighted by molar-refractivity contribution is 7.09. The van der Waals surface area contributed by atoms with Gasteiger partial charge in [0.1, 0.15) is 11.6 Å². The lowest BCUT2D eigenvalue weighted by molar-refractivity contribution is 0.310. The zero-order valence-electron chi connectivity index (χ0n) is 13.2. The van der Waals surface area contributed by atoms with Crippen molar-refractivity contribution in [2.45, 2.75) is 12.8 Å². The molecule has 2 rings (SSSR count). The van der Waals surface area contributed by atoms with Gasteiger partial charge < -0.3 is 15.4 Å². The summed E-state index contributed by atoms with van der Waals surface area (Å²) < 4.78 is 18.3. The van der Waals surface area contributed by atoms with E-state index in [2.05, 4.69) is 33.1 Å². The van der Waals surface area contributed by atoms with Crippen LogP contribution in [-0.2, 0) is 6.42 Å². The van der Waals surface area contributed by atoms with Gasteiger partial charge in [-0.25, -0.2) is 4.39 Å². The van der Waals surface area contributed by atoms with Crippen LogP contribution < -0.4 is 15.4 Å². The predicted octanol–water partition coefficient (Wildman–Crippen LogP) is 3.06. The van der Waals surface area contributed by atoms with Crippen LogP contribution in [0.1, 0.15) is 11.3 Å². The van der Waals surface area contributed by atoms with Gasteiger partial charge in [-0.3, -0.25) is 4.99 Å². The van der Waals surface area contributed by atoms with E-state index in [0.29, 0.717) is 12.4 Å². The molecule has 0 fully saturated rings. The fourth-order valence-electron chi connectivity index (χ4n) is 1.98. The summed E-state index contributed by atoms with van der Waals surface area (Å²) in [7, 11) is 1.76. The van der Waals surface area contributed by atoms with Crippen LogP contribution in [0.3, 0.4) is 0 Å². The highest BCUT2D eigenvalue weighted by atomic mass is 32.1. The Hall–Kier alpha value is -2.08. The van der Waals surface area contributed by atoms with E-state index in [1.54, 1.807) is 30.5 Å². The van der Waals surface area contributed by atoms with Crippen molar-refractivity contribution in [2.24, 2.45) is 4.99 Å². The first-order valence-corrected chi connectivity index (χ1v) is 8.51. The third-order valence-corrected chi connectivity index (χ3v) is 4.10. The van der Waals surface area contributed by atoms with Gasteiger partial charge in [0, 0.05) is 25.0 Å². The minimum atomic E-state index is -0.253. The topological polar surface area (TPSA) is 45.7 Å². The zero-order chi connectivity index (χ0) is 16.3. The molecule has 1 aromatic heterocycles. The fraction of sp³-hybridized carbons (Fsp3) is 0.353. The Bertz CT molecular complexity index is 584. The number of aliphatic imine (C=N–C) groups is 1. The first-order valence-electron chi connectivity index (χ1n) is 7.63. The van der Waals surface area contributed by atoms with Crippen LogP contribution in [0.5, 0.6) is 5.75 Å². The molecule has 0 radical (unpaired) electrons. The Morgan fingerprint density at radius 1 is 1.17 bits per heavy atom. The Morgan fingerprint density at radius 2 is 1.96 bits per heavy atom. The van der Waals surface area contributed by atoms with Gasteiger partial charge in [0.2, 0.25) is 0 Å². The maximum absolute atomic E-state index is 12.8. The van der Waals surface area contributed by atoms with E-state index in [1.165, 1.54) is 17.0 Å². The van der Waals surface area contributed by atoms with Gasteiger partial charge in [0.15, 0.2) is 5.96 Å². The molecule has 23 heavy (non-hydrogen) atoms. The van der Waals surface area contributed by atoms with E-state index < -0.39 is 0 Å². The largest absolute Gasteiger partial charge is 0.494 e. The maximum Gasteiger partial charge on any atom is 0.190 e. The summed E-state index contributed by atoms with van der Waals surface area (Å²) in [6, 6.07) is 10.3. The number of hydrogen-bond donors (Lipinski definition) is 2. The normalized spacial score (nSPS) is 11.3. The smallest absolute Gasteiger partial charge is 0.190 e. The number of nitrogens with zero attached hydrogens (tertiary/aromatic N) is 1. The van der Waals surface area contributed by atoms with Crippen molar-refractivity contribution in [3.63, 3.8) is 0 Å². The number of rotatable bonds is 8. The molecule has 0 spiro atoms. The highest BCUT2D eigenvalue weighted by Gasteiger charge is 1.99. The van der Waals surface area contributed by atoms with Crippen LogP contribution in [0.25, 0.3) is 0 Å². The minimum absolute atomic E-state index is 0.253. The Labute approximate surface area is 140 Å². The second-order valence-corrected chi connectivity index (χ2v) is 5.94. The monoisotopic (exact) mass is 335 g/mol. The molecule has 1 aromatic carbocycles. The van der Waals surface area contributed by atoms with E-state index in [-0.39, 0.29) is 5.82 Å². The maximum atomic E-state index is 12.8. The highest BCUT2D eigenvalue weighted by Crippen LogP contribution is 2.11. The number of hydrogen-bond acceptors (Lipinski definition) is 3. The number of benzene rings is 1. The molecule has 1 heterocycles. The molecule has 6 heteroatoms. The molecule has 0 amide bonds. The van der Waals surface area contributed by atoms with Crippen LogP contribution in [0.2, 0.25) is 0 Å². The molecular weight excluding hydrogens is 313 g/mol. The second-order valence-electron chi connectivity index (χ2n) is 4.91. The van der Waals surface area contributed by atoms with Gasteiger partial charge in [-0.1, -0.05) is 6.07 Å². The van der Waals surface area contributed by atoms with E-state index in [4.69, 9.17) is 4.74 Å². The first kappa shape index (κ1) is 17.3. The molecule has 2 N–H and O–H groups in total. The summed E-state index contributed by atoms with van der Waals surface area (Å²) >= 11 is 1.77. The molecule has 0 aliphatic heterocycles. The average molecular weight is 335 g/mol. The fourth-order valence-corrected chi connectivity index (χ4v) is 2.69. The summed E-state index contributed by atoms with van der Waals surface area (Å²) in [6.45, 7) is 2.19. The van der Waals surface area contributed by atoms with Crippen molar-refractivity contribution >= 4 is 17.3 Å². The quantitative estimate of drug-likeness (QED) is 0.443. The molecule has 124 valence electrons. The first-order chi connectivity index (χ1) is 11.3. The Balaban J connectivity index is 1.55. The van der Waals surface area contributed by atoms with E-state index in [0.717, 1.165) is 31.9 Å². The van der Waals surface area contributed by atoms with Crippen molar-refractivity contribution in [2.75, 3.05) is 26.7 Å². The van der Waals surface area contributed by atoms with Gasteiger partial charge in [-0.05, 0) is 48.6 Å². The van der Waals surface area contributed by atoms with Gasteiger partial charge in [-0.2, -0.15) is 0 Å². The van der Waals surface area contributed by atoms with E-state index in [1.807, 2.05) is 0 Å². The third-order valence-electron chi connectivity index (χ3n) is 3.16. The number of ether oxygens (including phenoxy) is 1. The lowest BCUT2D eigenvalue weighted by Gasteiger charge is -2.12. The molecule has 4 nitrogen and oxygen atoms in total. The van der Waals surface area contributed by atoms with Crippen molar-refractivity contribution in [3.8, 4) is 5.75 Å². The molecule has 0 saturated carbocycles. The number of thiophene rings is 1. The lowest BCUT2D eigenvalue weighted by Crippen LogP contribution is -2.39. The van der Waals surface area contributed by atoms with Crippen molar-refractivity contribution in [1.82, 2.24) is 10.6 Å². The van der Waals surface area contributed by atoms with Crippen LogP contribution in [0.15, 0.2) is 46.8 Å². The van der Waals surface area contributed by atoms with Gasteiger partial charge in [0.05, 0.1) is 6.61 Å². The Morgan fingerprint density at radius 3 is 2.65 bits per heavy atom. The minimum Gasteiger partial charge on any atom is -0.494 e. The van der Waals surface area contributed by atoms with Crippen molar-refractivity contribution < 1.29 is 9.13 Å². The number of guanidine groups is 1. The molecule has 0 aliphatic carbocycles. The zero-order valence-corrected chi connectivity index (χ0v) is 14.0. The predicted molar refractivity (Wildman–Crippen MR) is 93.9 cm³/mol. The van der Waals surface area contributed by atoms with E-state index >= 15 is 0 Å². The number of nitrogens with one attached hydrogen (secondary N) is 2. The van der Waals surface area contributed by atoms with Crippen LogP contribution in [0.4, 0.5) is 4.39 Å². The lowest BCUT2D eigenvalue weighted by atomic mass is 10.3. The van der Waals surface area contributed by atoms with Gasteiger partial charge in [0.25, 0.3) is 0 Å². The van der Waals surface area contributed by atoms with Crippen LogP contribution in [-0.4, -0.2) is 32.7 Å². The molecule has 0 saturated heterocycles. The summed E-state index contributed by atoms with van der Waals surface area (Å²) in [5.74, 6) is 1.23. The van der Waals surface area contributed by atoms with Crippen molar-refractivity contribution in [1.29, 1.82) is 0 Å². The van der Waals surface area contributed by atoms with Gasteiger partial charge >= 0.3 is 0 Å². The molecule has 0 atom stereocenters. The standard InChI is InChI=1S/C17H22FN3OS/c1-19-17(21-11-9-16-4-2-13-23-16)20-10-3-12-22-15-7-5-14(18)6-8-15/h2,4-8,13H,3,9-12H2,1H3,(H2,19,20,21). The molecule has 0 aliphatic rings. The summed E-state index contributed by atoms with van der Waals surface area (Å²) in [4.78, 5) is 5.55. The van der Waals surface area contributed by atoms with Crippen LogP contribution in [0, 0.1) is 5.82 Å². The van der Waals surface area contributed by atoms with Crippen LogP contribution >= 0.6 is 11.3 Å². The average Bonchev–Trinajstić information content (AvgIpc) is 3.08. The summed E-state index contributed by atoms with van der Waals surface area (Å²) in [5.41, 5.74) is 0.